The Labute approximate surface area is 272 Å². The zero-order chi connectivity index (χ0) is 33.2. The van der Waals surface area contributed by atoms with Crippen molar-refractivity contribution in [2.45, 2.75) is 44.9 Å². The quantitative estimate of drug-likeness (QED) is 0.199. The van der Waals surface area contributed by atoms with Crippen LogP contribution in [-0.4, -0.2) is 76.9 Å². The molecule has 3 heterocycles. The van der Waals surface area contributed by atoms with Crippen LogP contribution >= 0.6 is 11.3 Å². The van der Waals surface area contributed by atoms with Gasteiger partial charge in [0.05, 0.1) is 23.1 Å². The summed E-state index contributed by atoms with van der Waals surface area (Å²) in [6, 6.07) is 17.3. The third-order valence-electron chi connectivity index (χ3n) is 7.71. The molecule has 1 fully saturated rings. The Kier molecular flexibility index (Phi) is 9.59. The number of phenols is 1. The summed E-state index contributed by atoms with van der Waals surface area (Å²) >= 11 is 1.40. The van der Waals surface area contributed by atoms with Crippen molar-refractivity contribution in [1.29, 1.82) is 0 Å². The fraction of sp³-hybridized carbons (Fsp3) is 0.333. The summed E-state index contributed by atoms with van der Waals surface area (Å²) in [5.74, 6) is -0.802. The van der Waals surface area contributed by atoms with E-state index in [4.69, 9.17) is 0 Å². The molecule has 1 saturated heterocycles. The van der Waals surface area contributed by atoms with Crippen molar-refractivity contribution in [2.75, 3.05) is 19.3 Å². The highest BCUT2D eigenvalue weighted by Crippen LogP contribution is 2.30. The van der Waals surface area contributed by atoms with Gasteiger partial charge < -0.3 is 15.5 Å². The van der Waals surface area contributed by atoms with E-state index in [-0.39, 0.29) is 30.2 Å². The monoisotopic (exact) mass is 663 g/mol. The lowest BCUT2D eigenvalue weighted by Crippen LogP contribution is -2.63. The number of nitrogens with one attached hydrogen (secondary N) is 2. The van der Waals surface area contributed by atoms with E-state index < -0.39 is 34.1 Å². The number of rotatable bonds is 10. The first-order valence-corrected chi connectivity index (χ1v) is 17.4. The molecule has 46 heavy (non-hydrogen) atoms. The molecule has 0 saturated carbocycles. The van der Waals surface area contributed by atoms with Gasteiger partial charge in [0.25, 0.3) is 5.91 Å². The summed E-state index contributed by atoms with van der Waals surface area (Å²) in [5.41, 5.74) is 3.22. The van der Waals surface area contributed by atoms with Gasteiger partial charge in [-0.1, -0.05) is 57.2 Å². The Hall–Kier alpha value is -4.17. The van der Waals surface area contributed by atoms with Crippen molar-refractivity contribution >= 4 is 33.2 Å². The normalized spacial score (nSPS) is 15.5. The first-order valence-electron chi connectivity index (χ1n) is 14.7. The van der Waals surface area contributed by atoms with Gasteiger partial charge in [0.2, 0.25) is 15.9 Å². The van der Waals surface area contributed by atoms with Crippen LogP contribution in [0.4, 0.5) is 0 Å². The number of aliphatic hydroxyl groups is 1. The van der Waals surface area contributed by atoms with Crippen LogP contribution in [0.3, 0.4) is 0 Å². The molecule has 11 nitrogen and oxygen atoms in total. The van der Waals surface area contributed by atoms with Crippen molar-refractivity contribution in [1.82, 2.24) is 24.9 Å². The smallest absolute Gasteiger partial charge is 0.261 e. The van der Waals surface area contributed by atoms with E-state index in [1.54, 1.807) is 47.6 Å². The van der Waals surface area contributed by atoms with Crippen LogP contribution in [0, 0.1) is 5.92 Å². The molecule has 5 rings (SSSR count). The summed E-state index contributed by atoms with van der Waals surface area (Å²) in [4.78, 5) is 37.9. The minimum Gasteiger partial charge on any atom is -0.508 e. The third kappa shape index (κ3) is 8.15. The van der Waals surface area contributed by atoms with Crippen molar-refractivity contribution < 1.29 is 28.2 Å². The van der Waals surface area contributed by atoms with Gasteiger partial charge in [-0.2, -0.15) is 0 Å². The van der Waals surface area contributed by atoms with Crippen LogP contribution in [0.2, 0.25) is 0 Å². The fourth-order valence-electron chi connectivity index (χ4n) is 5.07. The number of benzene rings is 2. The predicted octanol–water partition coefficient (Wildman–Crippen LogP) is 3.54. The molecule has 2 aromatic carbocycles. The number of aliphatic hydroxyl groups excluding tert-OH is 1. The van der Waals surface area contributed by atoms with Crippen molar-refractivity contribution in [3.63, 3.8) is 0 Å². The van der Waals surface area contributed by atoms with Gasteiger partial charge in [0.15, 0.2) is 5.82 Å². The molecule has 0 aliphatic carbocycles. The van der Waals surface area contributed by atoms with E-state index in [1.807, 2.05) is 35.1 Å². The highest BCUT2D eigenvalue weighted by molar-refractivity contribution is 7.89. The number of hydrogen-bond acceptors (Lipinski definition) is 10. The Morgan fingerprint density at radius 3 is 2.13 bits per heavy atom. The zero-order valence-electron chi connectivity index (χ0n) is 26.0. The van der Waals surface area contributed by atoms with Crippen LogP contribution in [0.5, 0.6) is 5.75 Å². The SMILES string of the molecule is CC(C)(C)c1ccc(C(=O)N[C@@H](Cc2ccc(-c3ncc(-c4ccc(O)cc4)cn3)cc2)C(O)N2CC(C(=O)NS(C)(=O)=O)C2)s1. The maximum Gasteiger partial charge on any atom is 0.261 e. The second-order valence-corrected chi connectivity index (χ2v) is 15.4. The number of likely N-dealkylation sites (tertiary alicyclic amines) is 1. The van der Waals surface area contributed by atoms with Crippen LogP contribution in [-0.2, 0) is 26.7 Å². The highest BCUT2D eigenvalue weighted by Gasteiger charge is 2.40. The molecule has 242 valence electrons. The topological polar surface area (TPSA) is 162 Å². The number of hydrogen-bond donors (Lipinski definition) is 4. The maximum atomic E-state index is 13.3. The Balaban J connectivity index is 1.30. The molecule has 2 atom stereocenters. The standard InChI is InChI=1S/C33H37N5O6S2/c1-33(2,3)28-14-13-27(45-28)31(41)36-26(32(42)38-18-24(19-38)30(40)37-46(4,43)44)15-20-5-7-22(8-6-20)29-34-16-23(17-35-29)21-9-11-25(39)12-10-21/h5-14,16-17,24,26,32,39,42H,15,18-19H2,1-4H3,(H,36,41)(H,37,40)/t26-,32?/m0/s1. The first-order chi connectivity index (χ1) is 21.7. The van der Waals surface area contributed by atoms with Gasteiger partial charge in [-0.25, -0.2) is 18.4 Å². The number of thiophene rings is 1. The summed E-state index contributed by atoms with van der Waals surface area (Å²) in [5, 5.41) is 23.9. The molecule has 4 aromatic rings. The predicted molar refractivity (Wildman–Crippen MR) is 177 cm³/mol. The fourth-order valence-corrected chi connectivity index (χ4v) is 6.57. The minimum atomic E-state index is -3.69. The van der Waals surface area contributed by atoms with Gasteiger partial charge >= 0.3 is 0 Å². The number of phenolic OH excluding ortho intramolecular Hbond substituents is 1. The van der Waals surface area contributed by atoms with Crippen LogP contribution in [0.1, 0.15) is 40.9 Å². The van der Waals surface area contributed by atoms with E-state index in [0.717, 1.165) is 33.4 Å². The number of aromatic hydroxyl groups is 1. The van der Waals surface area contributed by atoms with Gasteiger partial charge in [-0.05, 0) is 47.2 Å². The minimum absolute atomic E-state index is 0.112. The average Bonchev–Trinajstić information content (AvgIpc) is 3.48. The molecule has 0 bridgehead atoms. The number of aromatic nitrogens is 2. The summed E-state index contributed by atoms with van der Waals surface area (Å²) in [6.45, 7) is 6.53. The van der Waals surface area contributed by atoms with E-state index in [1.165, 1.54) is 11.3 Å². The lowest BCUT2D eigenvalue weighted by atomic mass is 9.95. The van der Waals surface area contributed by atoms with E-state index >= 15 is 0 Å². The van der Waals surface area contributed by atoms with Crippen molar-refractivity contribution in [3.8, 4) is 28.3 Å². The molecule has 0 radical (unpaired) electrons. The number of carbonyl (C=O) groups is 2. The molecular formula is C33H37N5O6S2. The Morgan fingerprint density at radius 2 is 1.57 bits per heavy atom. The molecule has 13 heteroatoms. The molecule has 1 aliphatic rings. The highest BCUT2D eigenvalue weighted by atomic mass is 32.2. The summed E-state index contributed by atoms with van der Waals surface area (Å²) < 4.78 is 24.9. The van der Waals surface area contributed by atoms with E-state index in [0.29, 0.717) is 17.1 Å². The van der Waals surface area contributed by atoms with Crippen LogP contribution < -0.4 is 10.0 Å². The largest absolute Gasteiger partial charge is 0.508 e. The summed E-state index contributed by atoms with van der Waals surface area (Å²) in [7, 11) is -3.69. The molecular weight excluding hydrogens is 627 g/mol. The molecule has 4 N–H and O–H groups in total. The molecule has 2 amide bonds. The number of sulfonamides is 1. The second-order valence-electron chi connectivity index (χ2n) is 12.5. The first kappa shape index (κ1) is 33.2. The molecule has 1 unspecified atom stereocenters. The van der Waals surface area contributed by atoms with Crippen molar-refractivity contribution in [3.05, 3.63) is 88.4 Å². The number of amides is 2. The zero-order valence-corrected chi connectivity index (χ0v) is 27.6. The van der Waals surface area contributed by atoms with E-state index in [2.05, 4.69) is 36.1 Å². The second kappa shape index (κ2) is 13.3. The van der Waals surface area contributed by atoms with Gasteiger partial charge in [0.1, 0.15) is 12.0 Å². The third-order valence-corrected chi connectivity index (χ3v) is 9.79. The van der Waals surface area contributed by atoms with Crippen LogP contribution in [0.15, 0.2) is 73.1 Å². The molecule has 1 aliphatic heterocycles. The lowest BCUT2D eigenvalue weighted by Gasteiger charge is -2.43. The molecule has 2 aromatic heterocycles. The Morgan fingerprint density at radius 1 is 0.957 bits per heavy atom. The maximum absolute atomic E-state index is 13.3. The van der Waals surface area contributed by atoms with Crippen molar-refractivity contribution in [2.24, 2.45) is 5.92 Å². The number of nitrogens with zero attached hydrogens (tertiary/aromatic N) is 3. The van der Waals surface area contributed by atoms with Gasteiger partial charge in [-0.3, -0.25) is 19.2 Å². The van der Waals surface area contributed by atoms with Crippen LogP contribution in [0.25, 0.3) is 22.5 Å². The Bertz CT molecular complexity index is 1790. The molecule has 0 spiro atoms. The van der Waals surface area contributed by atoms with E-state index in [9.17, 15) is 28.2 Å². The van der Waals surface area contributed by atoms with Gasteiger partial charge in [0, 0.05) is 41.5 Å². The summed E-state index contributed by atoms with van der Waals surface area (Å²) in [6.07, 6.45) is 3.53. The number of carbonyl (C=O) groups excluding carboxylic acids is 2. The van der Waals surface area contributed by atoms with Gasteiger partial charge in [-0.15, -0.1) is 11.3 Å². The lowest BCUT2D eigenvalue weighted by molar-refractivity contribution is -0.137. The average molecular weight is 664 g/mol.